The summed E-state index contributed by atoms with van der Waals surface area (Å²) in [6, 6.07) is 4.94. The fraction of sp³-hybridized carbons (Fsp3) is 0.385. The van der Waals surface area contributed by atoms with Gasteiger partial charge in [-0.3, -0.25) is 0 Å². The minimum atomic E-state index is 0.0530. The standard InChI is InChI=1S/C13H14N2O4/c1-17-9-2-3-10(11(16)6-9)13-14-12(15-19-13)8-4-5-18-7-8/h2-3,6,8,16H,4-5,7H2,1H3. The molecule has 1 aliphatic rings. The topological polar surface area (TPSA) is 77.6 Å². The number of phenolic OH excluding ortho intramolecular Hbond substituents is 1. The number of aromatic nitrogens is 2. The Morgan fingerprint density at radius 3 is 3.00 bits per heavy atom. The van der Waals surface area contributed by atoms with Crippen molar-refractivity contribution in [3.05, 3.63) is 24.0 Å². The Morgan fingerprint density at radius 1 is 1.42 bits per heavy atom. The molecule has 1 aromatic carbocycles. The van der Waals surface area contributed by atoms with E-state index in [1.54, 1.807) is 19.2 Å². The van der Waals surface area contributed by atoms with Crippen molar-refractivity contribution >= 4 is 0 Å². The SMILES string of the molecule is COc1ccc(-c2nc(C3CCOC3)no2)c(O)c1. The van der Waals surface area contributed by atoms with Gasteiger partial charge in [0.05, 0.1) is 19.3 Å². The smallest absolute Gasteiger partial charge is 0.261 e. The van der Waals surface area contributed by atoms with Crippen LogP contribution in [0.5, 0.6) is 11.5 Å². The van der Waals surface area contributed by atoms with E-state index in [9.17, 15) is 5.11 Å². The molecule has 1 unspecified atom stereocenters. The Balaban J connectivity index is 1.89. The first-order valence-electron chi connectivity index (χ1n) is 6.06. The molecule has 0 saturated carbocycles. The minimum Gasteiger partial charge on any atom is -0.507 e. The number of phenols is 1. The zero-order valence-electron chi connectivity index (χ0n) is 10.5. The van der Waals surface area contributed by atoms with Gasteiger partial charge in [-0.1, -0.05) is 5.16 Å². The molecule has 0 aliphatic carbocycles. The van der Waals surface area contributed by atoms with Crippen molar-refractivity contribution in [1.82, 2.24) is 10.1 Å². The fourth-order valence-electron chi connectivity index (χ4n) is 2.07. The summed E-state index contributed by atoms with van der Waals surface area (Å²) in [4.78, 5) is 4.32. The maximum absolute atomic E-state index is 9.92. The molecule has 0 amide bonds. The molecular formula is C13H14N2O4. The molecule has 6 heteroatoms. The Bertz CT molecular complexity index is 576. The highest BCUT2D eigenvalue weighted by Crippen LogP contribution is 2.32. The van der Waals surface area contributed by atoms with E-state index in [0.717, 1.165) is 13.0 Å². The summed E-state index contributed by atoms with van der Waals surface area (Å²) in [5.41, 5.74) is 0.499. The van der Waals surface area contributed by atoms with Crippen LogP contribution in [-0.4, -0.2) is 35.6 Å². The molecule has 6 nitrogen and oxygen atoms in total. The first-order chi connectivity index (χ1) is 9.28. The maximum Gasteiger partial charge on any atom is 0.261 e. The highest BCUT2D eigenvalue weighted by Gasteiger charge is 2.24. The average molecular weight is 262 g/mol. The Labute approximate surface area is 110 Å². The number of rotatable bonds is 3. The van der Waals surface area contributed by atoms with Gasteiger partial charge in [0.1, 0.15) is 11.5 Å². The van der Waals surface area contributed by atoms with Crippen molar-refractivity contribution in [2.45, 2.75) is 12.3 Å². The predicted molar refractivity (Wildman–Crippen MR) is 66.1 cm³/mol. The van der Waals surface area contributed by atoms with Gasteiger partial charge < -0.3 is 19.1 Å². The molecule has 1 N–H and O–H groups in total. The van der Waals surface area contributed by atoms with E-state index in [1.807, 2.05) is 0 Å². The van der Waals surface area contributed by atoms with Crippen LogP contribution in [0.15, 0.2) is 22.7 Å². The van der Waals surface area contributed by atoms with E-state index >= 15 is 0 Å². The van der Waals surface area contributed by atoms with Crippen LogP contribution in [0.3, 0.4) is 0 Å². The second-order valence-corrected chi connectivity index (χ2v) is 4.40. The van der Waals surface area contributed by atoms with Gasteiger partial charge in [0.2, 0.25) is 0 Å². The summed E-state index contributed by atoms with van der Waals surface area (Å²) >= 11 is 0. The van der Waals surface area contributed by atoms with E-state index in [0.29, 0.717) is 29.6 Å². The second-order valence-electron chi connectivity index (χ2n) is 4.40. The monoisotopic (exact) mass is 262 g/mol. The highest BCUT2D eigenvalue weighted by molar-refractivity contribution is 5.63. The van der Waals surface area contributed by atoms with Gasteiger partial charge >= 0.3 is 0 Å². The molecule has 1 aliphatic heterocycles. The van der Waals surface area contributed by atoms with Crippen molar-refractivity contribution in [2.75, 3.05) is 20.3 Å². The number of aromatic hydroxyl groups is 1. The number of benzene rings is 1. The van der Waals surface area contributed by atoms with E-state index in [2.05, 4.69) is 10.1 Å². The van der Waals surface area contributed by atoms with Gasteiger partial charge in [0.25, 0.3) is 5.89 Å². The molecule has 0 bridgehead atoms. The molecule has 1 aromatic heterocycles. The average Bonchev–Trinajstić information content (AvgIpc) is 3.09. The summed E-state index contributed by atoms with van der Waals surface area (Å²) in [6.07, 6.45) is 0.896. The number of ether oxygens (including phenoxy) is 2. The molecule has 3 rings (SSSR count). The molecule has 19 heavy (non-hydrogen) atoms. The van der Waals surface area contributed by atoms with Crippen LogP contribution < -0.4 is 4.74 Å². The third kappa shape index (κ3) is 2.26. The van der Waals surface area contributed by atoms with Gasteiger partial charge in [0.15, 0.2) is 5.82 Å². The lowest BCUT2D eigenvalue weighted by molar-refractivity contribution is 0.192. The van der Waals surface area contributed by atoms with E-state index < -0.39 is 0 Å². The molecule has 1 atom stereocenters. The number of hydrogen-bond acceptors (Lipinski definition) is 6. The van der Waals surface area contributed by atoms with Crippen molar-refractivity contribution in [2.24, 2.45) is 0 Å². The summed E-state index contributed by atoms with van der Waals surface area (Å²) in [5.74, 6) is 1.74. The van der Waals surface area contributed by atoms with Gasteiger partial charge in [-0.15, -0.1) is 0 Å². The van der Waals surface area contributed by atoms with Crippen LogP contribution in [0, 0.1) is 0 Å². The molecule has 0 spiro atoms. The van der Waals surface area contributed by atoms with Crippen LogP contribution in [0.2, 0.25) is 0 Å². The summed E-state index contributed by atoms with van der Waals surface area (Å²) < 4.78 is 15.5. The van der Waals surface area contributed by atoms with Crippen LogP contribution in [0.25, 0.3) is 11.5 Å². The quantitative estimate of drug-likeness (QED) is 0.911. The zero-order chi connectivity index (χ0) is 13.2. The molecular weight excluding hydrogens is 248 g/mol. The van der Waals surface area contributed by atoms with Crippen LogP contribution in [0.1, 0.15) is 18.2 Å². The predicted octanol–water partition coefficient (Wildman–Crippen LogP) is 1.95. The molecule has 1 saturated heterocycles. The zero-order valence-corrected chi connectivity index (χ0v) is 10.5. The summed E-state index contributed by atoms with van der Waals surface area (Å²) in [7, 11) is 1.54. The van der Waals surface area contributed by atoms with Crippen LogP contribution >= 0.6 is 0 Å². The summed E-state index contributed by atoms with van der Waals surface area (Å²) in [6.45, 7) is 1.34. The van der Waals surface area contributed by atoms with Gasteiger partial charge in [-0.05, 0) is 18.6 Å². The molecule has 0 radical (unpaired) electrons. The third-order valence-corrected chi connectivity index (χ3v) is 3.17. The highest BCUT2D eigenvalue weighted by atomic mass is 16.5. The first kappa shape index (κ1) is 12.0. The first-order valence-corrected chi connectivity index (χ1v) is 6.06. The Kier molecular flexibility index (Phi) is 3.08. The van der Waals surface area contributed by atoms with Gasteiger partial charge in [-0.25, -0.2) is 0 Å². The Hall–Kier alpha value is -2.08. The largest absolute Gasteiger partial charge is 0.507 e. The molecule has 2 heterocycles. The maximum atomic E-state index is 9.92. The van der Waals surface area contributed by atoms with E-state index in [1.165, 1.54) is 6.07 Å². The molecule has 2 aromatic rings. The number of hydrogen-bond donors (Lipinski definition) is 1. The lowest BCUT2D eigenvalue weighted by Crippen LogP contribution is -1.99. The normalized spacial score (nSPS) is 18.7. The van der Waals surface area contributed by atoms with E-state index in [4.69, 9.17) is 14.0 Å². The van der Waals surface area contributed by atoms with Crippen LogP contribution in [-0.2, 0) is 4.74 Å². The van der Waals surface area contributed by atoms with Crippen molar-refractivity contribution < 1.29 is 19.1 Å². The fourth-order valence-corrected chi connectivity index (χ4v) is 2.07. The van der Waals surface area contributed by atoms with Crippen LogP contribution in [0.4, 0.5) is 0 Å². The molecule has 100 valence electrons. The minimum absolute atomic E-state index is 0.0530. The number of methoxy groups -OCH3 is 1. The third-order valence-electron chi connectivity index (χ3n) is 3.17. The second kappa shape index (κ2) is 4.89. The van der Waals surface area contributed by atoms with Gasteiger partial charge in [0, 0.05) is 18.6 Å². The van der Waals surface area contributed by atoms with Crippen molar-refractivity contribution in [1.29, 1.82) is 0 Å². The van der Waals surface area contributed by atoms with E-state index in [-0.39, 0.29) is 11.7 Å². The Morgan fingerprint density at radius 2 is 2.32 bits per heavy atom. The number of nitrogens with zero attached hydrogens (tertiary/aromatic N) is 2. The summed E-state index contributed by atoms with van der Waals surface area (Å²) in [5, 5.41) is 13.9. The van der Waals surface area contributed by atoms with Crippen molar-refractivity contribution in [3.8, 4) is 23.0 Å². The van der Waals surface area contributed by atoms with Crippen molar-refractivity contribution in [3.63, 3.8) is 0 Å². The van der Waals surface area contributed by atoms with Gasteiger partial charge in [-0.2, -0.15) is 4.98 Å². The molecule has 1 fully saturated rings. The lowest BCUT2D eigenvalue weighted by Gasteiger charge is -2.03. The lowest BCUT2D eigenvalue weighted by atomic mass is 10.1.